The first-order valence-corrected chi connectivity index (χ1v) is 25.7. The molecule has 2 heterocycles. The maximum absolute atomic E-state index is 14.1. The van der Waals surface area contributed by atoms with Crippen molar-refractivity contribution in [2.24, 2.45) is 0 Å². The van der Waals surface area contributed by atoms with Gasteiger partial charge in [0.05, 0.1) is 21.7 Å². The second kappa shape index (κ2) is 16.9. The first kappa shape index (κ1) is 41.6. The molecule has 0 saturated heterocycles. The van der Waals surface area contributed by atoms with Crippen molar-refractivity contribution in [1.82, 2.24) is 9.97 Å². The molecule has 2 nitrogen and oxygen atoms in total. The van der Waals surface area contributed by atoms with Crippen molar-refractivity contribution < 1.29 is 33.3 Å². The van der Waals surface area contributed by atoms with E-state index in [0.717, 1.165) is 50.1 Å². The molecule has 0 bridgehead atoms. The van der Waals surface area contributed by atoms with Gasteiger partial charge in [-0.1, -0.05) is 158 Å². The molecule has 0 unspecified atom stereocenters. The Hall–Kier alpha value is -4.99. The summed E-state index contributed by atoms with van der Waals surface area (Å²) < 4.78 is 42.4. The zero-order valence-corrected chi connectivity index (χ0v) is 37.2. The number of hydrogen-bond donors (Lipinski definition) is 0. The minimum absolute atomic E-state index is 0. The number of halogens is 3. The SMILES string of the molecule is C[Si](C)(C)c1ccc(-c2[c-]cccc2)nc1.C[Si](C)(C)c1ccc(-c2cc(-c3cc(-c4ccc5ccccc5c4)c(C(F)(F)F)cn3)[c-]c3ccccc23)cc1.[Ir]. The fourth-order valence-corrected chi connectivity index (χ4v) is 8.93. The monoisotopic (exact) mass is 965 g/mol. The third-order valence-electron chi connectivity index (χ3n) is 10.00. The van der Waals surface area contributed by atoms with Crippen LogP contribution in [0.4, 0.5) is 13.2 Å². The normalized spacial score (nSPS) is 11.8. The summed E-state index contributed by atoms with van der Waals surface area (Å²) >= 11 is 0. The van der Waals surface area contributed by atoms with E-state index in [1.54, 1.807) is 18.2 Å². The van der Waals surface area contributed by atoms with Gasteiger partial charge in [-0.05, 0) is 44.4 Å². The van der Waals surface area contributed by atoms with E-state index in [-0.39, 0.29) is 25.7 Å². The molecule has 57 heavy (non-hydrogen) atoms. The van der Waals surface area contributed by atoms with Gasteiger partial charge in [0.15, 0.2) is 0 Å². The van der Waals surface area contributed by atoms with E-state index in [9.17, 15) is 13.2 Å². The minimum atomic E-state index is -4.54. The van der Waals surface area contributed by atoms with Crippen LogP contribution in [0.2, 0.25) is 39.3 Å². The predicted molar refractivity (Wildman–Crippen MR) is 234 cm³/mol. The molecule has 8 heteroatoms. The molecule has 6 aromatic carbocycles. The summed E-state index contributed by atoms with van der Waals surface area (Å²) in [5.41, 5.74) is 5.06. The molecule has 289 valence electrons. The van der Waals surface area contributed by atoms with Gasteiger partial charge in [0.1, 0.15) is 0 Å². The van der Waals surface area contributed by atoms with Crippen LogP contribution in [-0.2, 0) is 26.3 Å². The molecule has 8 rings (SSSR count). The average Bonchev–Trinajstić information content (AvgIpc) is 3.19. The summed E-state index contributed by atoms with van der Waals surface area (Å²) in [7, 11) is -2.69. The Morgan fingerprint density at radius 3 is 1.81 bits per heavy atom. The van der Waals surface area contributed by atoms with Crippen LogP contribution < -0.4 is 10.4 Å². The molecule has 0 spiro atoms. The van der Waals surface area contributed by atoms with Crippen LogP contribution in [-0.4, -0.2) is 26.1 Å². The van der Waals surface area contributed by atoms with Crippen molar-refractivity contribution in [3.63, 3.8) is 0 Å². The van der Waals surface area contributed by atoms with Crippen LogP contribution in [0.25, 0.3) is 66.3 Å². The van der Waals surface area contributed by atoms with Gasteiger partial charge in [0.2, 0.25) is 0 Å². The Morgan fingerprint density at radius 1 is 0.526 bits per heavy atom. The van der Waals surface area contributed by atoms with E-state index in [0.29, 0.717) is 16.8 Å². The fraction of sp³-hybridized carbons (Fsp3) is 0.143. The number of alkyl halides is 3. The maximum atomic E-state index is 14.1. The quantitative estimate of drug-likeness (QED) is 0.123. The summed E-state index contributed by atoms with van der Waals surface area (Å²) in [5.74, 6) is 0. The van der Waals surface area contributed by atoms with Gasteiger partial charge in [0.25, 0.3) is 0 Å². The average molecular weight is 965 g/mol. The van der Waals surface area contributed by atoms with Crippen molar-refractivity contribution in [3.05, 3.63) is 170 Å². The second-order valence-corrected chi connectivity index (χ2v) is 26.3. The Kier molecular flexibility index (Phi) is 12.3. The number of fused-ring (bicyclic) bond motifs is 2. The van der Waals surface area contributed by atoms with Crippen LogP contribution in [0.1, 0.15) is 5.56 Å². The fourth-order valence-electron chi connectivity index (χ4n) is 6.73. The van der Waals surface area contributed by atoms with Crippen LogP contribution in [0.5, 0.6) is 0 Å². The van der Waals surface area contributed by atoms with E-state index in [1.165, 1.54) is 10.4 Å². The number of pyridine rings is 2. The van der Waals surface area contributed by atoms with Crippen LogP contribution in [0, 0.1) is 12.1 Å². The van der Waals surface area contributed by atoms with Crippen molar-refractivity contribution >= 4 is 48.1 Å². The molecule has 0 N–H and O–H groups in total. The van der Waals surface area contributed by atoms with E-state index in [1.807, 2.05) is 85.1 Å². The molecule has 0 aliphatic rings. The number of benzene rings is 6. The Labute approximate surface area is 349 Å². The van der Waals surface area contributed by atoms with E-state index in [2.05, 4.69) is 104 Å². The largest absolute Gasteiger partial charge is 0.418 e. The Balaban J connectivity index is 0.000000271. The van der Waals surface area contributed by atoms with Gasteiger partial charge in [-0.3, -0.25) is 4.98 Å². The zero-order valence-electron chi connectivity index (χ0n) is 32.8. The van der Waals surface area contributed by atoms with Gasteiger partial charge >= 0.3 is 6.18 Å². The van der Waals surface area contributed by atoms with E-state index < -0.39 is 27.9 Å². The summed E-state index contributed by atoms with van der Waals surface area (Å²) in [6, 6.07) is 52.1. The van der Waals surface area contributed by atoms with Gasteiger partial charge < -0.3 is 4.98 Å². The number of rotatable bonds is 6. The molecule has 0 saturated carbocycles. The van der Waals surface area contributed by atoms with E-state index >= 15 is 0 Å². The molecule has 0 fully saturated rings. The van der Waals surface area contributed by atoms with Gasteiger partial charge in [0, 0.05) is 38.2 Å². The third-order valence-corrected chi connectivity index (χ3v) is 14.1. The van der Waals surface area contributed by atoms with Crippen LogP contribution >= 0.6 is 0 Å². The Morgan fingerprint density at radius 2 is 1.16 bits per heavy atom. The van der Waals surface area contributed by atoms with Gasteiger partial charge in [-0.25, -0.2) is 0 Å². The molecular weight excluding hydrogens is 922 g/mol. The van der Waals surface area contributed by atoms with Crippen molar-refractivity contribution in [2.75, 3.05) is 0 Å². The molecule has 1 radical (unpaired) electrons. The molecule has 2 aromatic heterocycles. The predicted octanol–water partition coefficient (Wildman–Crippen LogP) is 12.8. The Bertz CT molecular complexity index is 2630. The topological polar surface area (TPSA) is 25.8 Å². The van der Waals surface area contributed by atoms with Crippen molar-refractivity contribution in [3.8, 4) is 44.8 Å². The first-order chi connectivity index (χ1) is 26.6. The standard InChI is InChI=1S/C35H27F3NSi.C14H16NSi.Ir/c1-40(2,3)29-16-14-24(15-17-29)31-20-28(19-26-10-6-7-11-30(26)31)34-21-32(33(22-39-34)35(36,37)38)27-13-12-23-8-4-5-9-25(23)18-27;1-16(2,3)13-9-10-14(15-11-13)12-7-5-4-6-8-12;/h4-18,20-22H,1-3H3;4-7,9-11H,1-3H3;/q2*-1;. The van der Waals surface area contributed by atoms with Crippen LogP contribution in [0.3, 0.4) is 0 Å². The third kappa shape index (κ3) is 9.60. The van der Waals surface area contributed by atoms with Gasteiger partial charge in [-0.15, -0.1) is 59.5 Å². The number of aromatic nitrogens is 2. The molecule has 0 amide bonds. The van der Waals surface area contributed by atoms with Gasteiger partial charge in [-0.2, -0.15) is 13.2 Å². The summed E-state index contributed by atoms with van der Waals surface area (Å²) in [6.45, 7) is 13.9. The molecule has 0 atom stereocenters. The van der Waals surface area contributed by atoms with Crippen LogP contribution in [0.15, 0.2) is 152 Å². The smallest absolute Gasteiger partial charge is 0.305 e. The minimum Gasteiger partial charge on any atom is -0.305 e. The number of hydrogen-bond acceptors (Lipinski definition) is 2. The molecule has 0 aliphatic heterocycles. The van der Waals surface area contributed by atoms with Crippen molar-refractivity contribution in [2.45, 2.75) is 45.5 Å². The molecule has 0 aliphatic carbocycles. The zero-order chi connectivity index (χ0) is 39.7. The van der Waals surface area contributed by atoms with Crippen molar-refractivity contribution in [1.29, 1.82) is 0 Å². The summed E-state index contributed by atoms with van der Waals surface area (Å²) in [5, 5.41) is 6.54. The maximum Gasteiger partial charge on any atom is 0.418 e. The van der Waals surface area contributed by atoms with E-state index in [4.69, 9.17) is 0 Å². The summed E-state index contributed by atoms with van der Waals surface area (Å²) in [6.07, 6.45) is -1.57. The molecule has 8 aromatic rings. The first-order valence-electron chi connectivity index (χ1n) is 18.7. The molecular formula is C49H43F3IrN2Si2-2. The second-order valence-electron chi connectivity index (χ2n) is 16.1. The number of nitrogens with zero attached hydrogens (tertiary/aromatic N) is 2. The summed E-state index contributed by atoms with van der Waals surface area (Å²) in [4.78, 5) is 8.83.